The molecule has 228 valence electrons. The second kappa shape index (κ2) is 12.9. The van der Waals surface area contributed by atoms with Crippen LogP contribution in [0.25, 0.3) is 11.1 Å². The second-order valence-corrected chi connectivity index (χ2v) is 11.7. The highest BCUT2D eigenvalue weighted by molar-refractivity contribution is 7.07. The monoisotopic (exact) mass is 619 g/mol. The Balaban J connectivity index is 1.02. The van der Waals surface area contributed by atoms with Gasteiger partial charge in [-0.3, -0.25) is 9.69 Å². The van der Waals surface area contributed by atoms with Gasteiger partial charge in [-0.2, -0.15) is 0 Å². The fraction of sp³-hybridized carbons (Fsp3) is 0.235. The Morgan fingerprint density at radius 3 is 2.47 bits per heavy atom. The molecular formula is C34H33N7O3S. The summed E-state index contributed by atoms with van der Waals surface area (Å²) in [7, 11) is 1.63. The molecule has 11 heteroatoms. The molecule has 0 radical (unpaired) electrons. The minimum atomic E-state index is -0.137. The number of hydrogen-bond acceptors (Lipinski definition) is 10. The number of nitrogens with zero attached hydrogens (tertiary/aromatic N) is 5. The van der Waals surface area contributed by atoms with Crippen LogP contribution in [0.1, 0.15) is 21.6 Å². The maximum Gasteiger partial charge on any atom is 0.257 e. The molecule has 45 heavy (non-hydrogen) atoms. The molecule has 2 N–H and O–H groups in total. The van der Waals surface area contributed by atoms with Gasteiger partial charge in [0.2, 0.25) is 5.95 Å². The van der Waals surface area contributed by atoms with Crippen molar-refractivity contribution in [1.29, 1.82) is 0 Å². The molecule has 3 aromatic carbocycles. The normalized spacial score (nSPS) is 14.5. The molecule has 4 heterocycles. The number of methoxy groups -OCH3 is 1. The first-order valence-corrected chi connectivity index (χ1v) is 15.9. The Morgan fingerprint density at radius 2 is 1.67 bits per heavy atom. The lowest BCUT2D eigenvalue weighted by Crippen LogP contribution is -2.47. The number of nitrogens with one attached hydrogen (secondary N) is 2. The van der Waals surface area contributed by atoms with E-state index in [0.29, 0.717) is 23.7 Å². The number of aromatic nitrogens is 3. The van der Waals surface area contributed by atoms with Gasteiger partial charge in [0.1, 0.15) is 6.61 Å². The number of carbonyl (C=O) groups is 1. The van der Waals surface area contributed by atoms with Crippen molar-refractivity contribution >= 4 is 40.3 Å². The van der Waals surface area contributed by atoms with Crippen LogP contribution in [0.15, 0.2) is 83.9 Å². The summed E-state index contributed by atoms with van der Waals surface area (Å²) in [4.78, 5) is 31.0. The van der Waals surface area contributed by atoms with E-state index in [1.54, 1.807) is 25.0 Å². The van der Waals surface area contributed by atoms with Crippen molar-refractivity contribution in [2.45, 2.75) is 13.0 Å². The van der Waals surface area contributed by atoms with Gasteiger partial charge in [0.25, 0.3) is 5.91 Å². The number of fused-ring (bicyclic) bond motifs is 2. The third kappa shape index (κ3) is 6.45. The Labute approximate surface area is 265 Å². The zero-order valence-electron chi connectivity index (χ0n) is 24.9. The average Bonchev–Trinajstić information content (AvgIpc) is 3.57. The van der Waals surface area contributed by atoms with E-state index in [1.165, 1.54) is 16.9 Å². The highest BCUT2D eigenvalue weighted by atomic mass is 32.1. The second-order valence-electron chi connectivity index (χ2n) is 11.0. The van der Waals surface area contributed by atoms with Crippen molar-refractivity contribution in [3.05, 3.63) is 101 Å². The van der Waals surface area contributed by atoms with E-state index in [9.17, 15) is 4.79 Å². The van der Waals surface area contributed by atoms with E-state index >= 15 is 0 Å². The van der Waals surface area contributed by atoms with Crippen LogP contribution in [0.4, 0.5) is 23.0 Å². The number of benzene rings is 3. The number of anilines is 4. The predicted molar refractivity (Wildman–Crippen MR) is 177 cm³/mol. The van der Waals surface area contributed by atoms with Crippen molar-refractivity contribution < 1.29 is 14.3 Å². The third-order valence-corrected chi connectivity index (χ3v) is 8.78. The van der Waals surface area contributed by atoms with Crippen LogP contribution in [0, 0.1) is 0 Å². The Kier molecular flexibility index (Phi) is 8.26. The minimum absolute atomic E-state index is 0.137. The molecule has 1 saturated heterocycles. The third-order valence-electron chi connectivity index (χ3n) is 8.15. The summed E-state index contributed by atoms with van der Waals surface area (Å²) < 4.78 is 11.6. The maximum absolute atomic E-state index is 13.3. The molecule has 0 spiro atoms. The van der Waals surface area contributed by atoms with E-state index in [0.717, 1.165) is 79.0 Å². The van der Waals surface area contributed by atoms with Crippen molar-refractivity contribution in [3.8, 4) is 22.6 Å². The number of rotatable bonds is 9. The number of carbonyl (C=O) groups excluding carboxylic acids is 1. The van der Waals surface area contributed by atoms with Crippen LogP contribution < -0.4 is 25.0 Å². The SMILES string of the molecule is COc1cc(-c2ccc3c(c2)Nc2ccc(CCN4CCN(c5ncccn5)CC4)cc2NC3=O)ccc1OCc1cscn1. The van der Waals surface area contributed by atoms with Crippen molar-refractivity contribution in [1.82, 2.24) is 19.9 Å². The van der Waals surface area contributed by atoms with Gasteiger partial charge in [0, 0.05) is 50.5 Å². The Hall–Kier alpha value is -5.00. The minimum Gasteiger partial charge on any atom is -0.493 e. The lowest BCUT2D eigenvalue weighted by molar-refractivity contribution is 0.102. The first-order chi connectivity index (χ1) is 22.1. The summed E-state index contributed by atoms with van der Waals surface area (Å²) in [5.41, 5.74) is 8.74. The van der Waals surface area contributed by atoms with Gasteiger partial charge < -0.3 is 25.0 Å². The largest absolute Gasteiger partial charge is 0.493 e. The Morgan fingerprint density at radius 1 is 0.844 bits per heavy atom. The average molecular weight is 620 g/mol. The van der Waals surface area contributed by atoms with Crippen LogP contribution in [0.2, 0.25) is 0 Å². The number of piperazine rings is 1. The number of amides is 1. The quantitative estimate of drug-likeness (QED) is 0.210. The number of ether oxygens (including phenoxy) is 2. The Bertz CT molecular complexity index is 1790. The zero-order valence-corrected chi connectivity index (χ0v) is 25.7. The standard InChI is InChI=1S/C34H33N7O3S/c1-43-32-19-25(5-8-31(32)44-20-26-21-45-22-37-26)24-4-6-27-29(18-24)38-28-7-3-23(17-30(28)39-33(27)42)9-12-40-13-15-41(16-14-40)34-35-10-2-11-36-34/h2-8,10-11,17-19,21-22,38H,9,12-16,20H2,1H3,(H,39,42). The summed E-state index contributed by atoms with van der Waals surface area (Å²) in [6, 6.07) is 19.8. The van der Waals surface area contributed by atoms with E-state index < -0.39 is 0 Å². The summed E-state index contributed by atoms with van der Waals surface area (Å²) in [6.07, 6.45) is 4.47. The summed E-state index contributed by atoms with van der Waals surface area (Å²) in [6.45, 7) is 5.07. The maximum atomic E-state index is 13.3. The molecule has 7 rings (SSSR count). The highest BCUT2D eigenvalue weighted by Gasteiger charge is 2.22. The molecule has 0 unspecified atom stereocenters. The molecule has 0 atom stereocenters. The molecular weight excluding hydrogens is 586 g/mol. The van der Waals surface area contributed by atoms with Gasteiger partial charge in [0.15, 0.2) is 11.5 Å². The molecule has 2 aliphatic rings. The van der Waals surface area contributed by atoms with E-state index in [2.05, 4.69) is 53.6 Å². The van der Waals surface area contributed by atoms with E-state index in [1.807, 2.05) is 47.8 Å². The van der Waals surface area contributed by atoms with Crippen molar-refractivity contribution in [3.63, 3.8) is 0 Å². The lowest BCUT2D eigenvalue weighted by Gasteiger charge is -2.34. The lowest BCUT2D eigenvalue weighted by atomic mass is 10.0. The van der Waals surface area contributed by atoms with Crippen molar-refractivity contribution in [2.24, 2.45) is 0 Å². The van der Waals surface area contributed by atoms with E-state index in [-0.39, 0.29) is 5.91 Å². The van der Waals surface area contributed by atoms with Gasteiger partial charge in [-0.15, -0.1) is 11.3 Å². The van der Waals surface area contributed by atoms with Gasteiger partial charge in [-0.1, -0.05) is 18.2 Å². The highest BCUT2D eigenvalue weighted by Crippen LogP contribution is 2.38. The van der Waals surface area contributed by atoms with Crippen LogP contribution in [0.5, 0.6) is 11.5 Å². The van der Waals surface area contributed by atoms with Crippen LogP contribution >= 0.6 is 11.3 Å². The molecule has 0 aliphatic carbocycles. The first kappa shape index (κ1) is 28.8. The van der Waals surface area contributed by atoms with Crippen molar-refractivity contribution in [2.75, 3.05) is 55.4 Å². The van der Waals surface area contributed by atoms with Crippen LogP contribution in [-0.4, -0.2) is 65.6 Å². The van der Waals surface area contributed by atoms with Crippen LogP contribution in [0.3, 0.4) is 0 Å². The molecule has 2 aromatic heterocycles. The molecule has 1 fully saturated rings. The molecule has 0 bridgehead atoms. The summed E-state index contributed by atoms with van der Waals surface area (Å²) >= 11 is 1.54. The number of thiazole rings is 1. The summed E-state index contributed by atoms with van der Waals surface area (Å²) in [5.74, 6) is 1.94. The first-order valence-electron chi connectivity index (χ1n) is 14.9. The zero-order chi connectivity index (χ0) is 30.6. The van der Waals surface area contributed by atoms with Gasteiger partial charge in [-0.25, -0.2) is 15.0 Å². The van der Waals surface area contributed by atoms with Gasteiger partial charge in [-0.05, 0) is 65.6 Å². The molecule has 2 aliphatic heterocycles. The van der Waals surface area contributed by atoms with Gasteiger partial charge >= 0.3 is 0 Å². The topological polar surface area (TPSA) is 105 Å². The molecule has 5 aromatic rings. The predicted octanol–water partition coefficient (Wildman–Crippen LogP) is 5.86. The fourth-order valence-electron chi connectivity index (χ4n) is 5.66. The van der Waals surface area contributed by atoms with Crippen LogP contribution in [-0.2, 0) is 13.0 Å². The summed E-state index contributed by atoms with van der Waals surface area (Å²) in [5, 5.41) is 8.58. The molecule has 10 nitrogen and oxygen atoms in total. The molecule has 0 saturated carbocycles. The number of hydrogen-bond donors (Lipinski definition) is 2. The van der Waals surface area contributed by atoms with Gasteiger partial charge in [0.05, 0.1) is 40.9 Å². The van der Waals surface area contributed by atoms with E-state index in [4.69, 9.17) is 9.47 Å². The molecule has 1 amide bonds. The smallest absolute Gasteiger partial charge is 0.257 e. The fourth-order valence-corrected chi connectivity index (χ4v) is 6.20.